The van der Waals surface area contributed by atoms with E-state index in [1.165, 1.54) is 44.8 Å². The highest BCUT2D eigenvalue weighted by Gasteiger charge is 2.32. The molecule has 0 fully saturated rings. The van der Waals surface area contributed by atoms with Gasteiger partial charge in [0.1, 0.15) is 24.8 Å². The molecule has 1 aliphatic rings. The Bertz CT molecular complexity index is 1770. The molecule has 0 amide bonds. The minimum absolute atomic E-state index is 0.397. The van der Waals surface area contributed by atoms with E-state index in [-0.39, 0.29) is 0 Å². The molecule has 0 spiro atoms. The summed E-state index contributed by atoms with van der Waals surface area (Å²) in [6.45, 7) is 25.4. The molecular weight excluding hydrogens is 665 g/mol. The quantitative estimate of drug-likeness (QED) is 0.0898. The van der Waals surface area contributed by atoms with Gasteiger partial charge in [-0.1, -0.05) is 129 Å². The molecule has 290 valence electrons. The maximum atomic E-state index is 6.78. The Morgan fingerprint density at radius 1 is 0.593 bits per heavy atom. The number of rotatable bonds is 19. The summed E-state index contributed by atoms with van der Waals surface area (Å²) in [5.74, 6) is 4.48. The minimum Gasteiger partial charge on any atom is -0.493 e. The maximum Gasteiger partial charge on any atom is 0.212 e. The molecule has 0 saturated carbocycles. The second-order valence-corrected chi connectivity index (χ2v) is 16.2. The Labute approximate surface area is 327 Å². The van der Waals surface area contributed by atoms with Crippen LogP contribution >= 0.6 is 0 Å². The molecule has 54 heavy (non-hydrogen) atoms. The van der Waals surface area contributed by atoms with Gasteiger partial charge in [0, 0.05) is 5.69 Å². The van der Waals surface area contributed by atoms with Crippen molar-refractivity contribution in [2.45, 2.75) is 132 Å². The van der Waals surface area contributed by atoms with Crippen LogP contribution in [0.1, 0.15) is 151 Å². The maximum absolute atomic E-state index is 6.78. The van der Waals surface area contributed by atoms with Crippen LogP contribution in [0.25, 0.3) is 0 Å². The van der Waals surface area contributed by atoms with Gasteiger partial charge in [0.15, 0.2) is 0 Å². The van der Waals surface area contributed by atoms with Crippen molar-refractivity contribution in [3.05, 3.63) is 130 Å². The molecule has 0 N–H and O–H groups in total. The third kappa shape index (κ3) is 10.0. The summed E-state index contributed by atoms with van der Waals surface area (Å²) >= 11 is 0. The molecular formula is C49H66N2O3. The number of anilines is 2. The number of unbranched alkanes of at least 4 members (excludes halogenated alkanes) is 3. The molecule has 0 atom stereocenters. The molecule has 4 aromatic rings. The van der Waals surface area contributed by atoms with E-state index in [0.717, 1.165) is 61.7 Å². The predicted octanol–water partition coefficient (Wildman–Crippen LogP) is 13.4. The van der Waals surface area contributed by atoms with E-state index in [4.69, 9.17) is 14.2 Å². The SMILES string of the molecule is CCc1cc(OCc2ccccc2)cc(C)c1OCCCCCCOC1=CN(c2c(C(C)C)cccc2C(C)C)CN1c1c(C(C)C)cccc1C(C)C. The van der Waals surface area contributed by atoms with E-state index in [1.54, 1.807) is 0 Å². The molecule has 0 unspecified atom stereocenters. The summed E-state index contributed by atoms with van der Waals surface area (Å²) in [7, 11) is 0. The van der Waals surface area contributed by atoms with Crippen molar-refractivity contribution in [1.82, 2.24) is 0 Å². The largest absolute Gasteiger partial charge is 0.493 e. The highest BCUT2D eigenvalue weighted by Crippen LogP contribution is 2.43. The molecule has 0 radical (unpaired) electrons. The summed E-state index contributed by atoms with van der Waals surface area (Å²) < 4.78 is 19.3. The smallest absolute Gasteiger partial charge is 0.212 e. The van der Waals surface area contributed by atoms with E-state index < -0.39 is 0 Å². The van der Waals surface area contributed by atoms with E-state index in [2.05, 4.69) is 146 Å². The standard InChI is InChI=1S/C49H66N2O3/c1-11-40-30-41(54-32-39-21-15-14-16-22-39)29-38(10)49(40)53-28-18-13-12-17-27-52-46-31-50(47-42(34(2)3)23-19-24-43(47)35(4)5)33-51(46)48-44(36(6)7)25-20-26-45(48)37(8)9/h14-16,19-26,29-31,34-37H,11-13,17-18,27-28,32-33H2,1-10H3. The van der Waals surface area contributed by atoms with Crippen molar-refractivity contribution in [3.63, 3.8) is 0 Å². The van der Waals surface area contributed by atoms with Crippen LogP contribution in [-0.2, 0) is 17.8 Å². The Hall–Kier alpha value is -4.38. The molecule has 0 aromatic heterocycles. The fraction of sp³-hybridized carbons (Fsp3) is 0.469. The van der Waals surface area contributed by atoms with Gasteiger partial charge in [-0.2, -0.15) is 0 Å². The van der Waals surface area contributed by atoms with E-state index in [9.17, 15) is 0 Å². The van der Waals surface area contributed by atoms with Gasteiger partial charge < -0.3 is 19.1 Å². The number of hydrogen-bond donors (Lipinski definition) is 0. The fourth-order valence-corrected chi connectivity index (χ4v) is 7.58. The fourth-order valence-electron chi connectivity index (χ4n) is 7.58. The first-order valence-electron chi connectivity index (χ1n) is 20.6. The Morgan fingerprint density at radius 2 is 1.13 bits per heavy atom. The van der Waals surface area contributed by atoms with Gasteiger partial charge in [0.2, 0.25) is 5.88 Å². The average Bonchev–Trinajstić information content (AvgIpc) is 3.58. The van der Waals surface area contributed by atoms with Gasteiger partial charge in [0.25, 0.3) is 0 Å². The lowest BCUT2D eigenvalue weighted by Crippen LogP contribution is -2.30. The lowest BCUT2D eigenvalue weighted by molar-refractivity contribution is 0.199. The number of nitrogens with zero attached hydrogens (tertiary/aromatic N) is 2. The molecule has 4 aromatic carbocycles. The third-order valence-corrected chi connectivity index (χ3v) is 10.6. The first-order chi connectivity index (χ1) is 26.0. The van der Waals surface area contributed by atoms with Crippen molar-refractivity contribution in [2.24, 2.45) is 0 Å². The normalized spacial score (nSPS) is 13.1. The summed E-state index contributed by atoms with van der Waals surface area (Å²) in [5.41, 5.74) is 11.6. The Kier molecular flexibility index (Phi) is 14.6. The zero-order valence-electron chi connectivity index (χ0n) is 34.9. The Morgan fingerprint density at radius 3 is 1.67 bits per heavy atom. The lowest BCUT2D eigenvalue weighted by atomic mass is 9.91. The topological polar surface area (TPSA) is 34.2 Å². The number of ether oxygens (including phenoxy) is 3. The van der Waals surface area contributed by atoms with Crippen molar-refractivity contribution in [3.8, 4) is 11.5 Å². The highest BCUT2D eigenvalue weighted by atomic mass is 16.5. The lowest BCUT2D eigenvalue weighted by Gasteiger charge is -2.32. The monoisotopic (exact) mass is 731 g/mol. The summed E-state index contributed by atoms with van der Waals surface area (Å²) in [4.78, 5) is 4.90. The van der Waals surface area contributed by atoms with Gasteiger partial charge in [-0.05, 0) is 114 Å². The third-order valence-electron chi connectivity index (χ3n) is 10.6. The summed E-state index contributed by atoms with van der Waals surface area (Å²) in [6.07, 6.45) is 7.39. The first-order valence-corrected chi connectivity index (χ1v) is 20.6. The average molecular weight is 731 g/mol. The van der Waals surface area contributed by atoms with E-state index in [1.807, 2.05) is 18.2 Å². The predicted molar refractivity (Wildman–Crippen MR) is 228 cm³/mol. The van der Waals surface area contributed by atoms with Gasteiger partial charge in [0.05, 0.1) is 25.1 Å². The molecule has 5 heteroatoms. The number of benzene rings is 4. The number of hydrogen-bond acceptors (Lipinski definition) is 5. The number of para-hydroxylation sites is 2. The Balaban J connectivity index is 1.23. The van der Waals surface area contributed by atoms with Crippen molar-refractivity contribution >= 4 is 11.4 Å². The zero-order valence-corrected chi connectivity index (χ0v) is 34.9. The van der Waals surface area contributed by atoms with Crippen LogP contribution in [0.2, 0.25) is 0 Å². The summed E-state index contributed by atoms with van der Waals surface area (Å²) in [5, 5.41) is 0. The molecule has 5 rings (SSSR count). The van der Waals surface area contributed by atoms with E-state index in [0.29, 0.717) is 43.5 Å². The van der Waals surface area contributed by atoms with Gasteiger partial charge in [-0.25, -0.2) is 0 Å². The zero-order chi connectivity index (χ0) is 38.8. The van der Waals surface area contributed by atoms with Gasteiger partial charge in [-0.15, -0.1) is 0 Å². The van der Waals surface area contributed by atoms with Crippen molar-refractivity contribution < 1.29 is 14.2 Å². The first kappa shape index (κ1) is 40.8. The van der Waals surface area contributed by atoms with Crippen LogP contribution in [-0.4, -0.2) is 19.9 Å². The van der Waals surface area contributed by atoms with E-state index >= 15 is 0 Å². The van der Waals surface area contributed by atoms with Crippen LogP contribution in [0.4, 0.5) is 11.4 Å². The van der Waals surface area contributed by atoms with Crippen molar-refractivity contribution in [1.29, 1.82) is 0 Å². The molecule has 0 saturated heterocycles. The van der Waals surface area contributed by atoms with Crippen LogP contribution in [0.5, 0.6) is 11.5 Å². The van der Waals surface area contributed by atoms with Crippen LogP contribution in [0, 0.1) is 6.92 Å². The molecule has 5 nitrogen and oxygen atoms in total. The second kappa shape index (κ2) is 19.3. The molecule has 1 heterocycles. The summed E-state index contributed by atoms with van der Waals surface area (Å²) in [6, 6.07) is 28.2. The van der Waals surface area contributed by atoms with Crippen molar-refractivity contribution in [2.75, 3.05) is 29.7 Å². The van der Waals surface area contributed by atoms with Gasteiger partial charge >= 0.3 is 0 Å². The molecule has 1 aliphatic heterocycles. The van der Waals surface area contributed by atoms with Crippen LogP contribution in [0.3, 0.4) is 0 Å². The van der Waals surface area contributed by atoms with Crippen LogP contribution < -0.4 is 19.3 Å². The van der Waals surface area contributed by atoms with Crippen LogP contribution in [0.15, 0.2) is 90.9 Å². The highest BCUT2D eigenvalue weighted by molar-refractivity contribution is 5.71. The minimum atomic E-state index is 0.397. The molecule has 0 aliphatic carbocycles. The van der Waals surface area contributed by atoms with Gasteiger partial charge in [-0.3, -0.25) is 4.90 Å². The number of aryl methyl sites for hydroxylation is 2. The molecule has 0 bridgehead atoms. The second-order valence-electron chi connectivity index (χ2n) is 16.2.